The van der Waals surface area contributed by atoms with Crippen molar-refractivity contribution in [3.63, 3.8) is 0 Å². The topological polar surface area (TPSA) is 41.6 Å². The van der Waals surface area contributed by atoms with Crippen molar-refractivity contribution in [2.24, 2.45) is 0 Å². The summed E-state index contributed by atoms with van der Waals surface area (Å²) in [5.74, 6) is 0. The van der Waals surface area contributed by atoms with Crippen molar-refractivity contribution in [1.82, 2.24) is 9.78 Å². The van der Waals surface area contributed by atoms with Gasteiger partial charge in [0.05, 0.1) is 16.9 Å². The highest BCUT2D eigenvalue weighted by atomic mass is 15.3. The van der Waals surface area contributed by atoms with E-state index in [-0.39, 0.29) is 0 Å². The maximum Gasteiger partial charge on any atom is 0.101 e. The molecule has 0 saturated heterocycles. The van der Waals surface area contributed by atoms with Gasteiger partial charge in [-0.2, -0.15) is 10.4 Å². The molecule has 0 radical (unpaired) electrons. The van der Waals surface area contributed by atoms with Gasteiger partial charge in [-0.05, 0) is 44.5 Å². The molecule has 0 unspecified atom stereocenters. The second-order valence-electron chi connectivity index (χ2n) is 3.97. The first-order chi connectivity index (χ1) is 7.61. The monoisotopic (exact) mass is 211 g/mol. The number of hydrogen-bond acceptors (Lipinski definition) is 2. The zero-order chi connectivity index (χ0) is 11.7. The zero-order valence-electron chi connectivity index (χ0n) is 9.65. The third-order valence-electron chi connectivity index (χ3n) is 2.51. The third kappa shape index (κ3) is 1.70. The van der Waals surface area contributed by atoms with Crippen LogP contribution in [-0.4, -0.2) is 9.78 Å². The smallest absolute Gasteiger partial charge is 0.101 e. The Morgan fingerprint density at radius 3 is 2.50 bits per heavy atom. The number of benzene rings is 1. The number of rotatable bonds is 1. The summed E-state index contributed by atoms with van der Waals surface area (Å²) in [6, 6.07) is 9.96. The molecule has 16 heavy (non-hydrogen) atoms. The summed E-state index contributed by atoms with van der Waals surface area (Å²) < 4.78 is 1.82. The average molecular weight is 211 g/mol. The summed E-state index contributed by atoms with van der Waals surface area (Å²) in [5.41, 5.74) is 4.63. The van der Waals surface area contributed by atoms with E-state index in [1.165, 1.54) is 0 Å². The molecule has 2 aromatic rings. The van der Waals surface area contributed by atoms with Crippen LogP contribution >= 0.6 is 0 Å². The Bertz CT molecular complexity index is 573. The van der Waals surface area contributed by atoms with E-state index in [1.807, 2.05) is 49.7 Å². The summed E-state index contributed by atoms with van der Waals surface area (Å²) >= 11 is 0. The lowest BCUT2D eigenvalue weighted by Crippen LogP contribution is -2.02. The largest absolute Gasteiger partial charge is 0.236 e. The van der Waals surface area contributed by atoms with Gasteiger partial charge in [0, 0.05) is 5.69 Å². The van der Waals surface area contributed by atoms with Gasteiger partial charge in [-0.1, -0.05) is 6.07 Å². The van der Waals surface area contributed by atoms with E-state index in [0.717, 1.165) is 22.6 Å². The predicted octanol–water partition coefficient (Wildman–Crippen LogP) is 2.67. The Morgan fingerprint density at radius 2 is 1.94 bits per heavy atom. The van der Waals surface area contributed by atoms with Crippen LogP contribution < -0.4 is 0 Å². The first-order valence-electron chi connectivity index (χ1n) is 5.16. The Morgan fingerprint density at radius 1 is 1.19 bits per heavy atom. The molecule has 3 heteroatoms. The molecule has 0 bridgehead atoms. The van der Waals surface area contributed by atoms with E-state index in [2.05, 4.69) is 11.2 Å². The third-order valence-corrected chi connectivity index (χ3v) is 2.51. The van der Waals surface area contributed by atoms with Crippen molar-refractivity contribution in [1.29, 1.82) is 5.26 Å². The van der Waals surface area contributed by atoms with Crippen molar-refractivity contribution >= 4 is 0 Å². The zero-order valence-corrected chi connectivity index (χ0v) is 9.65. The number of nitriles is 1. The molecule has 0 aliphatic heterocycles. The van der Waals surface area contributed by atoms with Crippen LogP contribution in [0.4, 0.5) is 0 Å². The fourth-order valence-corrected chi connectivity index (χ4v) is 1.78. The van der Waals surface area contributed by atoms with Gasteiger partial charge in [-0.3, -0.25) is 0 Å². The molecule has 0 fully saturated rings. The van der Waals surface area contributed by atoms with Gasteiger partial charge in [-0.15, -0.1) is 0 Å². The minimum absolute atomic E-state index is 0.650. The average Bonchev–Trinajstić information content (AvgIpc) is 2.57. The number of hydrogen-bond donors (Lipinski definition) is 0. The van der Waals surface area contributed by atoms with Crippen LogP contribution in [0.5, 0.6) is 0 Å². The summed E-state index contributed by atoms with van der Waals surface area (Å²) in [4.78, 5) is 0. The van der Waals surface area contributed by atoms with Gasteiger partial charge in [0.1, 0.15) is 6.07 Å². The molecule has 0 atom stereocenters. The summed E-state index contributed by atoms with van der Waals surface area (Å²) in [7, 11) is 0. The molecule has 0 amide bonds. The minimum atomic E-state index is 0.650. The molecule has 2 rings (SSSR count). The second kappa shape index (κ2) is 3.82. The van der Waals surface area contributed by atoms with Crippen molar-refractivity contribution < 1.29 is 0 Å². The van der Waals surface area contributed by atoms with E-state index < -0.39 is 0 Å². The van der Waals surface area contributed by atoms with E-state index in [0.29, 0.717) is 5.56 Å². The van der Waals surface area contributed by atoms with E-state index in [9.17, 15) is 0 Å². The second-order valence-corrected chi connectivity index (χ2v) is 3.97. The molecule has 0 aliphatic rings. The molecule has 3 nitrogen and oxygen atoms in total. The maximum atomic E-state index is 9.08. The first-order valence-corrected chi connectivity index (χ1v) is 5.16. The highest BCUT2D eigenvalue weighted by Gasteiger charge is 2.08. The SMILES string of the molecule is Cc1ccc(C#N)c(-n2nc(C)cc2C)c1. The summed E-state index contributed by atoms with van der Waals surface area (Å²) in [6.07, 6.45) is 0. The minimum Gasteiger partial charge on any atom is -0.236 e. The van der Waals surface area contributed by atoms with Crippen LogP contribution in [0.2, 0.25) is 0 Å². The maximum absolute atomic E-state index is 9.08. The lowest BCUT2D eigenvalue weighted by atomic mass is 10.1. The van der Waals surface area contributed by atoms with E-state index >= 15 is 0 Å². The van der Waals surface area contributed by atoms with Gasteiger partial charge in [0.15, 0.2) is 0 Å². The van der Waals surface area contributed by atoms with Gasteiger partial charge in [0.25, 0.3) is 0 Å². The molecular formula is C13H13N3. The van der Waals surface area contributed by atoms with Crippen LogP contribution in [0.25, 0.3) is 5.69 Å². The number of aryl methyl sites for hydroxylation is 3. The van der Waals surface area contributed by atoms with E-state index in [4.69, 9.17) is 5.26 Å². The molecular weight excluding hydrogens is 198 g/mol. The molecule has 1 aromatic heterocycles. The normalized spacial score (nSPS) is 10.1. The Hall–Kier alpha value is -2.08. The molecule has 80 valence electrons. The Labute approximate surface area is 94.9 Å². The Balaban J connectivity index is 2.68. The lowest BCUT2D eigenvalue weighted by Gasteiger charge is -2.07. The van der Waals surface area contributed by atoms with Gasteiger partial charge in [-0.25, -0.2) is 4.68 Å². The van der Waals surface area contributed by atoms with E-state index in [1.54, 1.807) is 0 Å². The fourth-order valence-electron chi connectivity index (χ4n) is 1.78. The molecule has 0 spiro atoms. The molecule has 0 aliphatic carbocycles. The lowest BCUT2D eigenvalue weighted by molar-refractivity contribution is 0.830. The predicted molar refractivity (Wildman–Crippen MR) is 62.5 cm³/mol. The highest BCUT2D eigenvalue weighted by Crippen LogP contribution is 2.17. The molecule has 1 aromatic carbocycles. The Kier molecular flexibility index (Phi) is 2.49. The van der Waals surface area contributed by atoms with Crippen LogP contribution in [0, 0.1) is 32.1 Å². The molecule has 0 N–H and O–H groups in total. The van der Waals surface area contributed by atoms with Crippen LogP contribution in [-0.2, 0) is 0 Å². The standard InChI is InChI=1S/C13H13N3/c1-9-4-5-12(8-14)13(6-9)16-11(3)7-10(2)15-16/h4-7H,1-3H3. The number of nitrogens with zero attached hydrogens (tertiary/aromatic N) is 3. The van der Waals surface area contributed by atoms with Gasteiger partial charge in [0.2, 0.25) is 0 Å². The van der Waals surface area contributed by atoms with Crippen molar-refractivity contribution in [2.45, 2.75) is 20.8 Å². The van der Waals surface area contributed by atoms with Crippen LogP contribution in [0.3, 0.4) is 0 Å². The summed E-state index contributed by atoms with van der Waals surface area (Å²) in [5, 5.41) is 13.5. The highest BCUT2D eigenvalue weighted by molar-refractivity contribution is 5.50. The van der Waals surface area contributed by atoms with Crippen LogP contribution in [0.15, 0.2) is 24.3 Å². The van der Waals surface area contributed by atoms with Gasteiger partial charge < -0.3 is 0 Å². The first kappa shape index (κ1) is 10.4. The molecule has 0 saturated carbocycles. The molecule has 1 heterocycles. The fraction of sp³-hybridized carbons (Fsp3) is 0.231. The number of aromatic nitrogens is 2. The van der Waals surface area contributed by atoms with Crippen molar-refractivity contribution in [3.8, 4) is 11.8 Å². The van der Waals surface area contributed by atoms with Crippen molar-refractivity contribution in [2.75, 3.05) is 0 Å². The summed E-state index contributed by atoms with van der Waals surface area (Å²) in [6.45, 7) is 5.95. The quantitative estimate of drug-likeness (QED) is 0.727. The van der Waals surface area contributed by atoms with Gasteiger partial charge >= 0.3 is 0 Å². The van der Waals surface area contributed by atoms with Crippen molar-refractivity contribution in [3.05, 3.63) is 46.8 Å². The van der Waals surface area contributed by atoms with Crippen LogP contribution in [0.1, 0.15) is 22.5 Å².